The van der Waals surface area contributed by atoms with Crippen LogP contribution in [0.3, 0.4) is 0 Å². The van der Waals surface area contributed by atoms with Crippen LogP contribution in [-0.2, 0) is 9.53 Å². The molecule has 2 N–H and O–H groups in total. The molecule has 0 radical (unpaired) electrons. The van der Waals surface area contributed by atoms with Crippen molar-refractivity contribution in [1.82, 2.24) is 10.2 Å². The smallest absolute Gasteiger partial charge is 0.233 e. The third-order valence-corrected chi connectivity index (χ3v) is 5.21. The van der Waals surface area contributed by atoms with E-state index in [1.807, 2.05) is 35.2 Å². The van der Waals surface area contributed by atoms with E-state index in [0.717, 1.165) is 5.56 Å². The fraction of sp³-hybridized carbons (Fsp3) is 0.632. The molecule has 2 atom stereocenters. The lowest BCUT2D eigenvalue weighted by molar-refractivity contribution is -0.170. The topological polar surface area (TPSA) is 61.8 Å². The van der Waals surface area contributed by atoms with Crippen molar-refractivity contribution >= 4 is 5.91 Å². The van der Waals surface area contributed by atoms with Gasteiger partial charge in [0.25, 0.3) is 0 Å². The molecule has 3 rings (SSSR count). The fourth-order valence-electron chi connectivity index (χ4n) is 3.35. The summed E-state index contributed by atoms with van der Waals surface area (Å²) in [5.41, 5.74) is 0.381. The molecule has 24 heavy (non-hydrogen) atoms. The number of ether oxygens (including phenoxy) is 1. The average Bonchev–Trinajstić information content (AvgIpc) is 2.54. The molecule has 2 fully saturated rings. The van der Waals surface area contributed by atoms with Crippen molar-refractivity contribution in [2.75, 3.05) is 32.8 Å². The zero-order valence-electron chi connectivity index (χ0n) is 14.8. The molecule has 0 saturated carbocycles. The number of aliphatic hydroxyl groups is 1. The van der Waals surface area contributed by atoms with Crippen LogP contribution in [0, 0.1) is 10.8 Å². The minimum Gasteiger partial charge on any atom is -0.395 e. The Kier molecular flexibility index (Phi) is 4.69. The van der Waals surface area contributed by atoms with Gasteiger partial charge in [-0.2, -0.15) is 0 Å². The van der Waals surface area contributed by atoms with Gasteiger partial charge in [0.2, 0.25) is 5.91 Å². The summed E-state index contributed by atoms with van der Waals surface area (Å²) in [5, 5.41) is 12.8. The highest BCUT2D eigenvalue weighted by molar-refractivity contribution is 5.84. The Morgan fingerprint density at radius 3 is 2.46 bits per heavy atom. The summed E-state index contributed by atoms with van der Waals surface area (Å²) in [4.78, 5) is 15.0. The van der Waals surface area contributed by atoms with E-state index in [2.05, 4.69) is 26.1 Å². The SMILES string of the molecule is CC(C)(C)[C@H]1CN(C(=O)C2(CO)CNC2)C[C@@H](c2ccccc2)O1. The number of rotatable bonds is 3. The molecular weight excluding hydrogens is 304 g/mol. The zero-order valence-corrected chi connectivity index (χ0v) is 14.8. The number of benzene rings is 1. The van der Waals surface area contributed by atoms with Gasteiger partial charge in [-0.05, 0) is 11.0 Å². The van der Waals surface area contributed by atoms with Crippen molar-refractivity contribution in [2.45, 2.75) is 33.0 Å². The first-order chi connectivity index (χ1) is 11.4. The number of nitrogens with one attached hydrogen (secondary N) is 1. The summed E-state index contributed by atoms with van der Waals surface area (Å²) in [6.45, 7) is 8.53. The molecule has 2 heterocycles. The molecule has 1 aromatic rings. The van der Waals surface area contributed by atoms with E-state index in [1.165, 1.54) is 0 Å². The Morgan fingerprint density at radius 2 is 1.96 bits per heavy atom. The number of carbonyl (C=O) groups is 1. The molecule has 0 spiro atoms. The summed E-state index contributed by atoms with van der Waals surface area (Å²) >= 11 is 0. The van der Waals surface area contributed by atoms with Crippen LogP contribution in [0.25, 0.3) is 0 Å². The van der Waals surface area contributed by atoms with Crippen LogP contribution in [0.15, 0.2) is 30.3 Å². The largest absolute Gasteiger partial charge is 0.395 e. The van der Waals surface area contributed by atoms with E-state index in [1.54, 1.807) is 0 Å². The van der Waals surface area contributed by atoms with E-state index in [-0.39, 0.29) is 30.1 Å². The van der Waals surface area contributed by atoms with E-state index in [9.17, 15) is 9.90 Å². The van der Waals surface area contributed by atoms with Crippen molar-refractivity contribution in [3.05, 3.63) is 35.9 Å². The monoisotopic (exact) mass is 332 g/mol. The highest BCUT2D eigenvalue weighted by Gasteiger charge is 2.48. The predicted molar refractivity (Wildman–Crippen MR) is 92.5 cm³/mol. The molecule has 0 aromatic heterocycles. The molecule has 132 valence electrons. The zero-order chi connectivity index (χ0) is 17.4. The van der Waals surface area contributed by atoms with Crippen LogP contribution in [0.2, 0.25) is 0 Å². The first kappa shape index (κ1) is 17.4. The van der Waals surface area contributed by atoms with Gasteiger partial charge in [-0.25, -0.2) is 0 Å². The molecule has 2 aliphatic heterocycles. The lowest BCUT2D eigenvalue weighted by Gasteiger charge is -2.48. The summed E-state index contributed by atoms with van der Waals surface area (Å²) in [5.74, 6) is 0.0437. The fourth-order valence-corrected chi connectivity index (χ4v) is 3.35. The summed E-state index contributed by atoms with van der Waals surface area (Å²) in [6.07, 6.45) is -0.166. The van der Waals surface area contributed by atoms with Crippen LogP contribution < -0.4 is 5.32 Å². The number of aliphatic hydroxyl groups excluding tert-OH is 1. The van der Waals surface area contributed by atoms with E-state index >= 15 is 0 Å². The van der Waals surface area contributed by atoms with Gasteiger partial charge in [0.15, 0.2) is 0 Å². The normalized spacial score (nSPS) is 26.8. The van der Waals surface area contributed by atoms with Crippen molar-refractivity contribution in [3.63, 3.8) is 0 Å². The lowest BCUT2D eigenvalue weighted by Crippen LogP contribution is -2.66. The number of morpholine rings is 1. The van der Waals surface area contributed by atoms with Gasteiger partial charge in [0.05, 0.1) is 24.7 Å². The maximum absolute atomic E-state index is 13.1. The Morgan fingerprint density at radius 1 is 1.29 bits per heavy atom. The van der Waals surface area contributed by atoms with Gasteiger partial charge in [-0.15, -0.1) is 0 Å². The van der Waals surface area contributed by atoms with E-state index < -0.39 is 5.41 Å². The standard InChI is InChI=1S/C19H28N2O3/c1-18(2,3)16-10-21(17(23)19(13-22)11-20-12-19)9-15(24-16)14-7-5-4-6-8-14/h4-8,15-16,20,22H,9-13H2,1-3H3/t15-,16+/m0/s1. The molecule has 0 unspecified atom stereocenters. The van der Waals surface area contributed by atoms with Crippen LogP contribution in [0.5, 0.6) is 0 Å². The molecule has 5 heteroatoms. The van der Waals surface area contributed by atoms with E-state index in [4.69, 9.17) is 4.74 Å². The van der Waals surface area contributed by atoms with Crippen LogP contribution in [-0.4, -0.2) is 54.8 Å². The number of nitrogens with zero attached hydrogens (tertiary/aromatic N) is 1. The Bertz CT molecular complexity index is 573. The van der Waals surface area contributed by atoms with Gasteiger partial charge in [0, 0.05) is 19.6 Å². The molecule has 2 saturated heterocycles. The van der Waals surface area contributed by atoms with Gasteiger partial charge in [0.1, 0.15) is 6.10 Å². The number of hydrogen-bond acceptors (Lipinski definition) is 4. The molecule has 1 amide bonds. The highest BCUT2D eigenvalue weighted by Crippen LogP contribution is 2.35. The van der Waals surface area contributed by atoms with Crippen molar-refractivity contribution < 1.29 is 14.6 Å². The minimum atomic E-state index is -0.652. The van der Waals surface area contributed by atoms with Gasteiger partial charge in [-0.1, -0.05) is 51.1 Å². The molecule has 1 aromatic carbocycles. The average molecular weight is 332 g/mol. The number of carbonyl (C=O) groups excluding carboxylic acids is 1. The van der Waals surface area contributed by atoms with Gasteiger partial charge in [-0.3, -0.25) is 4.79 Å². The maximum atomic E-state index is 13.1. The molecule has 2 aliphatic rings. The second kappa shape index (κ2) is 6.47. The third-order valence-electron chi connectivity index (χ3n) is 5.21. The van der Waals surface area contributed by atoms with E-state index in [0.29, 0.717) is 26.2 Å². The summed E-state index contributed by atoms with van der Waals surface area (Å²) < 4.78 is 6.34. The Balaban J connectivity index is 1.84. The van der Waals surface area contributed by atoms with Crippen molar-refractivity contribution in [1.29, 1.82) is 0 Å². The number of amides is 1. The first-order valence-electron chi connectivity index (χ1n) is 8.67. The summed E-state index contributed by atoms with van der Waals surface area (Å²) in [6, 6.07) is 10.1. The van der Waals surface area contributed by atoms with Crippen molar-refractivity contribution in [3.8, 4) is 0 Å². The Labute approximate surface area is 144 Å². The van der Waals surface area contributed by atoms with Gasteiger partial charge >= 0.3 is 0 Å². The predicted octanol–water partition coefficient (Wildman–Crippen LogP) is 1.58. The second-order valence-electron chi connectivity index (χ2n) is 8.14. The van der Waals surface area contributed by atoms with Crippen LogP contribution in [0.1, 0.15) is 32.4 Å². The molecule has 0 aliphatic carbocycles. The number of hydrogen-bond donors (Lipinski definition) is 2. The third kappa shape index (κ3) is 3.21. The quantitative estimate of drug-likeness (QED) is 0.882. The maximum Gasteiger partial charge on any atom is 0.233 e. The Hall–Kier alpha value is -1.43. The highest BCUT2D eigenvalue weighted by atomic mass is 16.5. The molecule has 5 nitrogen and oxygen atoms in total. The lowest BCUT2D eigenvalue weighted by atomic mass is 9.80. The molecular formula is C19H28N2O3. The second-order valence-corrected chi connectivity index (χ2v) is 8.14. The first-order valence-corrected chi connectivity index (χ1v) is 8.67. The van der Waals surface area contributed by atoms with Gasteiger partial charge < -0.3 is 20.1 Å². The minimum absolute atomic E-state index is 0.0378. The summed E-state index contributed by atoms with van der Waals surface area (Å²) in [7, 11) is 0. The molecule has 0 bridgehead atoms. The van der Waals surface area contributed by atoms with Crippen LogP contribution >= 0.6 is 0 Å². The van der Waals surface area contributed by atoms with Crippen LogP contribution in [0.4, 0.5) is 0 Å². The van der Waals surface area contributed by atoms with Crippen molar-refractivity contribution in [2.24, 2.45) is 10.8 Å².